The fraction of sp³-hybridized carbons (Fsp3) is 0. The number of nitrogens with one attached hydrogen (secondary N) is 1. The van der Waals surface area contributed by atoms with E-state index in [4.69, 9.17) is 11.6 Å². The standard InChI is InChI=1S/C13H6BrClI3NO/c14-8-2-1-6(3-9(8)15)13(20)19-12-10(17)4-7(16)5-11(12)18/h1-5H,(H,19,20). The highest BCUT2D eigenvalue weighted by Gasteiger charge is 2.13. The van der Waals surface area contributed by atoms with E-state index in [-0.39, 0.29) is 5.91 Å². The molecule has 0 unspecified atom stereocenters. The van der Waals surface area contributed by atoms with Gasteiger partial charge < -0.3 is 5.32 Å². The van der Waals surface area contributed by atoms with Crippen molar-refractivity contribution in [1.29, 1.82) is 0 Å². The van der Waals surface area contributed by atoms with E-state index >= 15 is 0 Å². The molecule has 2 aromatic carbocycles. The van der Waals surface area contributed by atoms with Crippen LogP contribution < -0.4 is 5.32 Å². The Morgan fingerprint density at radius 3 is 2.25 bits per heavy atom. The minimum absolute atomic E-state index is 0.170. The number of hydrogen-bond acceptors (Lipinski definition) is 1. The summed E-state index contributed by atoms with van der Waals surface area (Å²) in [6.45, 7) is 0. The first-order chi connectivity index (χ1) is 9.38. The Morgan fingerprint density at radius 1 is 1.10 bits per heavy atom. The highest BCUT2D eigenvalue weighted by Crippen LogP contribution is 2.28. The molecule has 0 aliphatic rings. The summed E-state index contributed by atoms with van der Waals surface area (Å²) in [5.41, 5.74) is 1.36. The van der Waals surface area contributed by atoms with Crippen LogP contribution >= 0.6 is 95.3 Å². The van der Waals surface area contributed by atoms with Crippen LogP contribution in [0.15, 0.2) is 34.8 Å². The predicted octanol–water partition coefficient (Wildman–Crippen LogP) is 6.17. The molecule has 1 N–H and O–H groups in total. The summed E-state index contributed by atoms with van der Waals surface area (Å²) >= 11 is 16.0. The summed E-state index contributed by atoms with van der Waals surface area (Å²) < 4.78 is 3.93. The average molecular weight is 688 g/mol. The van der Waals surface area contributed by atoms with Crippen molar-refractivity contribution in [3.05, 3.63) is 56.1 Å². The molecule has 0 spiro atoms. The number of amides is 1. The Labute approximate surface area is 171 Å². The van der Waals surface area contributed by atoms with E-state index in [1.807, 2.05) is 12.1 Å². The van der Waals surface area contributed by atoms with Crippen molar-refractivity contribution in [1.82, 2.24) is 0 Å². The first-order valence-electron chi connectivity index (χ1n) is 5.29. The molecular formula is C13H6BrClI3NO. The van der Waals surface area contributed by atoms with Gasteiger partial charge in [-0.25, -0.2) is 0 Å². The third-order valence-corrected chi connectivity index (χ3v) is 5.98. The number of halogens is 5. The van der Waals surface area contributed by atoms with Gasteiger partial charge in [-0.3, -0.25) is 4.79 Å². The van der Waals surface area contributed by atoms with Gasteiger partial charge in [0, 0.05) is 20.7 Å². The molecular weight excluding hydrogens is 682 g/mol. The SMILES string of the molecule is O=C(Nc1c(I)cc(I)cc1I)c1ccc(Br)c(Cl)c1. The molecule has 104 valence electrons. The normalized spacial score (nSPS) is 10.4. The van der Waals surface area contributed by atoms with Crippen molar-refractivity contribution in [3.8, 4) is 0 Å². The molecule has 0 bridgehead atoms. The Hall–Kier alpha value is 0.870. The number of carbonyl (C=O) groups is 1. The van der Waals surface area contributed by atoms with Crippen LogP contribution in [0.4, 0.5) is 5.69 Å². The fourth-order valence-electron chi connectivity index (χ4n) is 1.48. The van der Waals surface area contributed by atoms with Gasteiger partial charge in [0.15, 0.2) is 0 Å². The second-order valence-corrected chi connectivity index (χ2v) is 8.66. The van der Waals surface area contributed by atoms with Crippen molar-refractivity contribution in [2.75, 3.05) is 5.32 Å². The first-order valence-corrected chi connectivity index (χ1v) is 9.70. The van der Waals surface area contributed by atoms with E-state index in [9.17, 15) is 4.79 Å². The zero-order valence-corrected chi connectivity index (χ0v) is 18.5. The Morgan fingerprint density at radius 2 is 1.70 bits per heavy atom. The molecule has 2 rings (SSSR count). The summed E-state index contributed by atoms with van der Waals surface area (Å²) in [7, 11) is 0. The molecule has 0 aliphatic carbocycles. The van der Waals surface area contributed by atoms with Crippen LogP contribution in [0.3, 0.4) is 0 Å². The highest BCUT2D eigenvalue weighted by molar-refractivity contribution is 14.1. The van der Waals surface area contributed by atoms with Crippen LogP contribution in [-0.2, 0) is 0 Å². The zero-order valence-electron chi connectivity index (χ0n) is 9.68. The van der Waals surface area contributed by atoms with Crippen LogP contribution in [0.5, 0.6) is 0 Å². The summed E-state index contributed by atoms with van der Waals surface area (Å²) in [5.74, 6) is -0.170. The third kappa shape index (κ3) is 4.20. The minimum Gasteiger partial charge on any atom is -0.320 e. The minimum atomic E-state index is -0.170. The monoisotopic (exact) mass is 687 g/mol. The molecule has 0 atom stereocenters. The van der Waals surface area contributed by atoms with Crippen LogP contribution in [0.25, 0.3) is 0 Å². The van der Waals surface area contributed by atoms with E-state index in [0.29, 0.717) is 10.6 Å². The van der Waals surface area contributed by atoms with Crippen molar-refractivity contribution in [3.63, 3.8) is 0 Å². The van der Waals surface area contributed by atoms with Crippen molar-refractivity contribution < 1.29 is 4.79 Å². The molecule has 0 fully saturated rings. The van der Waals surface area contributed by atoms with Gasteiger partial charge in [-0.2, -0.15) is 0 Å². The molecule has 7 heteroatoms. The lowest BCUT2D eigenvalue weighted by Gasteiger charge is -2.11. The van der Waals surface area contributed by atoms with E-state index in [1.165, 1.54) is 0 Å². The van der Waals surface area contributed by atoms with E-state index in [0.717, 1.165) is 20.9 Å². The summed E-state index contributed by atoms with van der Waals surface area (Å²) in [5, 5.41) is 3.46. The van der Waals surface area contributed by atoms with Crippen molar-refractivity contribution >= 4 is 107 Å². The lowest BCUT2D eigenvalue weighted by Crippen LogP contribution is -2.14. The number of benzene rings is 2. The fourth-order valence-corrected chi connectivity index (χ4v) is 5.76. The first kappa shape index (κ1) is 17.2. The van der Waals surface area contributed by atoms with Gasteiger partial charge in [-0.05, 0) is 114 Å². The molecule has 0 aliphatic heterocycles. The number of anilines is 1. The molecule has 0 radical (unpaired) electrons. The second-order valence-electron chi connectivity index (χ2n) is 3.83. The van der Waals surface area contributed by atoms with Gasteiger partial charge in [0.25, 0.3) is 5.91 Å². The maximum absolute atomic E-state index is 12.3. The van der Waals surface area contributed by atoms with Crippen LogP contribution in [-0.4, -0.2) is 5.91 Å². The predicted molar refractivity (Wildman–Crippen MR) is 112 cm³/mol. The summed E-state index contributed by atoms with van der Waals surface area (Å²) in [6, 6.07) is 9.19. The van der Waals surface area contributed by atoms with E-state index in [1.54, 1.807) is 18.2 Å². The summed E-state index contributed by atoms with van der Waals surface area (Å²) in [4.78, 5) is 12.3. The van der Waals surface area contributed by atoms with Gasteiger partial charge in [0.1, 0.15) is 0 Å². The van der Waals surface area contributed by atoms with Gasteiger partial charge in [0.05, 0.1) is 10.7 Å². The summed E-state index contributed by atoms with van der Waals surface area (Å²) in [6.07, 6.45) is 0. The van der Waals surface area contributed by atoms with Crippen LogP contribution in [0, 0.1) is 10.7 Å². The smallest absolute Gasteiger partial charge is 0.255 e. The van der Waals surface area contributed by atoms with Crippen LogP contribution in [0.2, 0.25) is 5.02 Å². The Balaban J connectivity index is 2.30. The quantitative estimate of drug-likeness (QED) is 0.377. The molecule has 2 aromatic rings. The molecule has 0 heterocycles. The largest absolute Gasteiger partial charge is 0.320 e. The van der Waals surface area contributed by atoms with Gasteiger partial charge in [-0.1, -0.05) is 11.6 Å². The van der Waals surface area contributed by atoms with Gasteiger partial charge in [0.2, 0.25) is 0 Å². The third-order valence-electron chi connectivity index (χ3n) is 2.43. The lowest BCUT2D eigenvalue weighted by molar-refractivity contribution is 0.102. The molecule has 0 saturated carbocycles. The Bertz CT molecular complexity index is 670. The number of hydrogen-bond donors (Lipinski definition) is 1. The molecule has 0 aromatic heterocycles. The molecule has 20 heavy (non-hydrogen) atoms. The van der Waals surface area contributed by atoms with Gasteiger partial charge >= 0.3 is 0 Å². The van der Waals surface area contributed by atoms with Crippen molar-refractivity contribution in [2.45, 2.75) is 0 Å². The number of carbonyl (C=O) groups excluding carboxylic acids is 1. The van der Waals surface area contributed by atoms with E-state index in [2.05, 4.69) is 89.0 Å². The topological polar surface area (TPSA) is 29.1 Å². The van der Waals surface area contributed by atoms with Crippen LogP contribution in [0.1, 0.15) is 10.4 Å². The molecule has 2 nitrogen and oxygen atoms in total. The maximum atomic E-state index is 12.3. The molecule has 1 amide bonds. The molecule has 0 saturated heterocycles. The Kier molecular flexibility index (Phi) is 6.40. The lowest BCUT2D eigenvalue weighted by atomic mass is 10.2. The van der Waals surface area contributed by atoms with Gasteiger partial charge in [-0.15, -0.1) is 0 Å². The highest BCUT2D eigenvalue weighted by atomic mass is 127. The number of rotatable bonds is 2. The van der Waals surface area contributed by atoms with E-state index < -0.39 is 0 Å². The van der Waals surface area contributed by atoms with Crippen molar-refractivity contribution in [2.24, 2.45) is 0 Å². The second kappa shape index (κ2) is 7.42. The zero-order chi connectivity index (χ0) is 14.9. The average Bonchev–Trinajstić information content (AvgIpc) is 2.36. The maximum Gasteiger partial charge on any atom is 0.255 e.